The van der Waals surface area contributed by atoms with E-state index in [1.54, 1.807) is 6.07 Å². The van der Waals surface area contributed by atoms with Crippen molar-refractivity contribution in [3.05, 3.63) is 124 Å². The number of halogens is 2. The Morgan fingerprint density at radius 2 is 1.92 bits per heavy atom. The molecule has 0 amide bonds. The highest BCUT2D eigenvalue weighted by Gasteiger charge is 2.32. The van der Waals surface area contributed by atoms with Crippen LogP contribution >= 0.6 is 38.9 Å². The maximum atomic E-state index is 13.8. The molecule has 0 N–H and O–H groups in total. The Morgan fingerprint density at radius 3 is 2.68 bits per heavy atom. The van der Waals surface area contributed by atoms with Crippen molar-refractivity contribution in [2.75, 3.05) is 0 Å². The molecule has 0 unspecified atom stereocenters. The molecule has 1 aliphatic carbocycles. The number of thiazole rings is 1. The van der Waals surface area contributed by atoms with Crippen LogP contribution in [-0.4, -0.2) is 10.5 Å². The predicted molar refractivity (Wildman–Crippen MR) is 150 cm³/mol. The minimum absolute atomic E-state index is 0.0886. The quantitative estimate of drug-likeness (QED) is 0.228. The van der Waals surface area contributed by atoms with Crippen molar-refractivity contribution in [1.82, 2.24) is 4.57 Å². The molecule has 1 aromatic heterocycles. The molecule has 1 aliphatic heterocycles. The molecule has 5 nitrogen and oxygen atoms in total. The Bertz CT molecular complexity index is 1790. The lowest BCUT2D eigenvalue weighted by Crippen LogP contribution is -2.38. The number of esters is 1. The summed E-state index contributed by atoms with van der Waals surface area (Å²) in [5, 5.41) is 0.655. The number of benzene rings is 3. The van der Waals surface area contributed by atoms with Gasteiger partial charge in [0, 0.05) is 17.5 Å². The maximum absolute atomic E-state index is 13.8. The predicted octanol–water partition coefficient (Wildman–Crippen LogP) is 5.66. The minimum Gasteiger partial charge on any atom is -0.426 e. The van der Waals surface area contributed by atoms with Gasteiger partial charge in [-0.2, -0.15) is 0 Å². The van der Waals surface area contributed by atoms with Gasteiger partial charge in [-0.15, -0.1) is 0 Å². The number of aryl methyl sites for hydroxylation is 1. The highest BCUT2D eigenvalue weighted by Crippen LogP contribution is 2.41. The molecule has 3 aromatic carbocycles. The van der Waals surface area contributed by atoms with E-state index in [0.29, 0.717) is 24.6 Å². The van der Waals surface area contributed by atoms with E-state index in [9.17, 15) is 9.59 Å². The zero-order chi connectivity index (χ0) is 25.7. The average Bonchev–Trinajstić information content (AvgIpc) is 3.19. The summed E-state index contributed by atoms with van der Waals surface area (Å²) in [5.41, 5.74) is 6.24. The SMILES string of the molecule is CC(=O)Oc1ccc(/C=c2/sc3n(c2=O)[C@@H](c2ccc(Cl)cc2)C2=C(N=3)c3ccccc3CC2)cc1Br. The highest BCUT2D eigenvalue weighted by atomic mass is 79.9. The number of nitrogens with zero attached hydrogens (tertiary/aromatic N) is 2. The van der Waals surface area contributed by atoms with Crippen LogP contribution in [0.25, 0.3) is 11.8 Å². The van der Waals surface area contributed by atoms with Crippen LogP contribution < -0.4 is 19.6 Å². The zero-order valence-electron chi connectivity index (χ0n) is 19.7. The third-order valence-corrected chi connectivity index (χ3v) is 8.42. The van der Waals surface area contributed by atoms with E-state index in [2.05, 4.69) is 34.1 Å². The van der Waals surface area contributed by atoms with Gasteiger partial charge in [0.2, 0.25) is 0 Å². The first kappa shape index (κ1) is 24.1. The van der Waals surface area contributed by atoms with E-state index in [1.165, 1.54) is 23.8 Å². The number of carbonyl (C=O) groups excluding carboxylic acids is 1. The molecule has 2 heterocycles. The topological polar surface area (TPSA) is 60.7 Å². The molecule has 0 spiro atoms. The Hall–Kier alpha value is -3.26. The zero-order valence-corrected chi connectivity index (χ0v) is 22.9. The number of hydrogen-bond acceptors (Lipinski definition) is 5. The molecular weight excluding hydrogens is 572 g/mol. The minimum atomic E-state index is -0.394. The summed E-state index contributed by atoms with van der Waals surface area (Å²) in [4.78, 5) is 30.9. The summed E-state index contributed by atoms with van der Waals surface area (Å²) in [6.45, 7) is 1.36. The van der Waals surface area contributed by atoms with Crippen LogP contribution in [0, 0.1) is 0 Å². The Labute approximate surface area is 230 Å². The van der Waals surface area contributed by atoms with Gasteiger partial charge in [-0.05, 0) is 81.4 Å². The van der Waals surface area contributed by atoms with Gasteiger partial charge in [-0.1, -0.05) is 65.4 Å². The fourth-order valence-electron chi connectivity index (χ4n) is 4.96. The van der Waals surface area contributed by atoms with E-state index < -0.39 is 5.97 Å². The number of rotatable bonds is 3. The Morgan fingerprint density at radius 1 is 1.14 bits per heavy atom. The first-order valence-electron chi connectivity index (χ1n) is 11.8. The van der Waals surface area contributed by atoms with Crippen LogP contribution in [0.2, 0.25) is 5.02 Å². The fourth-order valence-corrected chi connectivity index (χ4v) is 6.57. The third kappa shape index (κ3) is 4.41. The van der Waals surface area contributed by atoms with Crippen LogP contribution in [0.15, 0.2) is 86.6 Å². The van der Waals surface area contributed by atoms with E-state index in [-0.39, 0.29) is 11.6 Å². The van der Waals surface area contributed by atoms with Gasteiger partial charge in [-0.3, -0.25) is 14.2 Å². The van der Waals surface area contributed by atoms with Crippen LogP contribution in [0.4, 0.5) is 0 Å². The number of carbonyl (C=O) groups is 1. The number of ether oxygens (including phenoxy) is 1. The van der Waals surface area contributed by atoms with Gasteiger partial charge in [0.15, 0.2) is 4.80 Å². The summed E-state index contributed by atoms with van der Waals surface area (Å²) in [7, 11) is 0. The molecule has 0 saturated carbocycles. The van der Waals surface area contributed by atoms with Gasteiger partial charge < -0.3 is 4.74 Å². The third-order valence-electron chi connectivity index (χ3n) is 6.57. The fraction of sp³-hybridized carbons (Fsp3) is 0.138. The second-order valence-electron chi connectivity index (χ2n) is 8.95. The lowest BCUT2D eigenvalue weighted by atomic mass is 9.83. The smallest absolute Gasteiger partial charge is 0.308 e. The summed E-state index contributed by atoms with van der Waals surface area (Å²) in [6, 6.07) is 21.2. The number of allylic oxidation sites excluding steroid dienone is 1. The van der Waals surface area contributed by atoms with Gasteiger partial charge >= 0.3 is 5.97 Å². The van der Waals surface area contributed by atoms with Crippen molar-refractivity contribution in [1.29, 1.82) is 0 Å². The highest BCUT2D eigenvalue weighted by molar-refractivity contribution is 9.10. The molecule has 0 fully saturated rings. The molecule has 8 heteroatoms. The van der Waals surface area contributed by atoms with Gasteiger partial charge in [0.25, 0.3) is 5.56 Å². The maximum Gasteiger partial charge on any atom is 0.308 e. The van der Waals surface area contributed by atoms with Crippen LogP contribution in [0.1, 0.15) is 41.6 Å². The van der Waals surface area contributed by atoms with Gasteiger partial charge in [0.05, 0.1) is 20.7 Å². The largest absolute Gasteiger partial charge is 0.426 e. The molecular formula is C29H20BrClN2O3S. The normalized spacial score (nSPS) is 16.5. The number of hydrogen-bond donors (Lipinski definition) is 0. The second kappa shape index (κ2) is 9.56. The summed E-state index contributed by atoms with van der Waals surface area (Å²) < 4.78 is 8.23. The monoisotopic (exact) mass is 590 g/mol. The van der Waals surface area contributed by atoms with E-state index in [0.717, 1.165) is 40.8 Å². The lowest BCUT2D eigenvalue weighted by molar-refractivity contribution is -0.131. The molecule has 1 atom stereocenters. The van der Waals surface area contributed by atoms with Crippen LogP contribution in [-0.2, 0) is 11.2 Å². The molecule has 0 bridgehead atoms. The number of fused-ring (bicyclic) bond motifs is 3. The molecule has 4 aromatic rings. The molecule has 0 radical (unpaired) electrons. The van der Waals surface area contributed by atoms with Gasteiger partial charge in [-0.25, -0.2) is 4.99 Å². The summed E-state index contributed by atoms with van der Waals surface area (Å²) in [5.74, 6) is 0.0367. The van der Waals surface area contributed by atoms with Crippen molar-refractivity contribution < 1.29 is 9.53 Å². The van der Waals surface area contributed by atoms with Crippen molar-refractivity contribution >= 4 is 56.6 Å². The molecule has 37 heavy (non-hydrogen) atoms. The van der Waals surface area contributed by atoms with E-state index in [1.807, 2.05) is 53.1 Å². The van der Waals surface area contributed by atoms with Crippen molar-refractivity contribution in [2.24, 2.45) is 4.99 Å². The second-order valence-corrected chi connectivity index (χ2v) is 11.2. The molecule has 184 valence electrons. The Balaban J connectivity index is 1.54. The standard InChI is InChI=1S/C29H20BrClN2O3S/c1-16(34)36-24-13-6-17(14-23(24)30)15-25-28(35)33-27(19-7-10-20(31)11-8-19)22-12-9-18-4-2-3-5-21(18)26(22)32-29(33)37-25/h2-8,10-11,13-15,27H,9,12H2,1H3/b25-15+/t27-/m0/s1. The molecule has 0 saturated heterocycles. The summed E-state index contributed by atoms with van der Waals surface area (Å²) >= 11 is 11.0. The number of aromatic nitrogens is 1. The van der Waals surface area contributed by atoms with Crippen LogP contribution in [0.3, 0.4) is 0 Å². The van der Waals surface area contributed by atoms with E-state index in [4.69, 9.17) is 21.3 Å². The van der Waals surface area contributed by atoms with Crippen molar-refractivity contribution in [3.63, 3.8) is 0 Å². The van der Waals surface area contributed by atoms with Crippen molar-refractivity contribution in [3.8, 4) is 5.75 Å². The van der Waals surface area contributed by atoms with Crippen LogP contribution in [0.5, 0.6) is 5.75 Å². The molecule has 2 aliphatic rings. The average molecular weight is 592 g/mol. The van der Waals surface area contributed by atoms with Crippen molar-refractivity contribution in [2.45, 2.75) is 25.8 Å². The van der Waals surface area contributed by atoms with E-state index >= 15 is 0 Å². The first-order chi connectivity index (χ1) is 17.9. The molecule has 6 rings (SSSR count). The summed E-state index contributed by atoms with van der Waals surface area (Å²) in [6.07, 6.45) is 3.58. The first-order valence-corrected chi connectivity index (χ1v) is 13.7. The lowest BCUT2D eigenvalue weighted by Gasteiger charge is -2.30. The Kier molecular flexibility index (Phi) is 6.23. The van der Waals surface area contributed by atoms with Gasteiger partial charge in [0.1, 0.15) is 5.75 Å².